The summed E-state index contributed by atoms with van der Waals surface area (Å²) in [5.41, 5.74) is 0.968. The topological polar surface area (TPSA) is 230 Å². The third kappa shape index (κ3) is 36.6. The van der Waals surface area contributed by atoms with Crippen LogP contribution in [0, 0.1) is 6.92 Å². The van der Waals surface area contributed by atoms with Crippen molar-refractivity contribution >= 4 is 22.0 Å². The van der Waals surface area contributed by atoms with E-state index in [2.05, 4.69) is 10.1 Å². The van der Waals surface area contributed by atoms with Crippen LogP contribution >= 0.6 is 0 Å². The van der Waals surface area contributed by atoms with E-state index in [1.807, 2.05) is 6.92 Å². The molecule has 0 radical (unpaired) electrons. The van der Waals surface area contributed by atoms with Crippen LogP contribution in [0.5, 0.6) is 0 Å². The highest BCUT2D eigenvalue weighted by Gasteiger charge is 2.14. The molecule has 0 aliphatic rings. The Balaban J connectivity index is 1.66. The third-order valence-corrected chi connectivity index (χ3v) is 8.22. The lowest BCUT2D eigenvalue weighted by Crippen LogP contribution is -2.31. The van der Waals surface area contributed by atoms with Crippen LogP contribution in [0.2, 0.25) is 0 Å². The summed E-state index contributed by atoms with van der Waals surface area (Å²) in [6.45, 7) is 11.2. The quantitative estimate of drug-likeness (QED) is 0.0655. The molecule has 0 saturated carbocycles. The first kappa shape index (κ1) is 53.6. The van der Waals surface area contributed by atoms with E-state index in [4.69, 9.17) is 66.1 Å². The van der Waals surface area contributed by atoms with Gasteiger partial charge >= 0.3 is 5.97 Å². The average Bonchev–Trinajstić information content (AvgIpc) is 3.20. The van der Waals surface area contributed by atoms with Gasteiger partial charge in [0.2, 0.25) is 5.91 Å². The Bertz CT molecular complexity index is 1200. The van der Waals surface area contributed by atoms with E-state index >= 15 is 0 Å². The second-order valence-corrected chi connectivity index (χ2v) is 13.3. The summed E-state index contributed by atoms with van der Waals surface area (Å²) in [6.07, 6.45) is 0. The number of rotatable bonds is 45. The van der Waals surface area contributed by atoms with Gasteiger partial charge in [0.1, 0.15) is 13.2 Å². The maximum absolute atomic E-state index is 12.1. The molecule has 0 unspecified atom stereocenters. The summed E-state index contributed by atoms with van der Waals surface area (Å²) >= 11 is 0. The van der Waals surface area contributed by atoms with Crippen LogP contribution in [0.15, 0.2) is 29.2 Å². The molecule has 1 aromatic carbocycles. The van der Waals surface area contributed by atoms with E-state index in [1.54, 1.807) is 12.1 Å². The minimum atomic E-state index is -3.79. The number of benzene rings is 1. The van der Waals surface area contributed by atoms with Gasteiger partial charge < -0.3 is 72.0 Å². The maximum Gasteiger partial charge on any atom is 0.329 e. The highest BCUT2D eigenvalue weighted by molar-refractivity contribution is 7.86. The number of hydrogen-bond acceptors (Lipinski definition) is 18. The fourth-order valence-electron chi connectivity index (χ4n) is 4.04. The zero-order valence-electron chi connectivity index (χ0n) is 33.8. The van der Waals surface area contributed by atoms with Gasteiger partial charge in [0, 0.05) is 6.54 Å². The number of carbonyl (C=O) groups excluding carboxylic acids is 1. The number of aliphatic carboxylic acids is 1. The fourth-order valence-corrected chi connectivity index (χ4v) is 4.93. The highest BCUT2D eigenvalue weighted by Crippen LogP contribution is 2.12. The van der Waals surface area contributed by atoms with E-state index in [-0.39, 0.29) is 24.7 Å². The monoisotopic (exact) mass is 859 g/mol. The summed E-state index contributed by atoms with van der Waals surface area (Å²) in [5.74, 6) is -1.53. The molecule has 0 aliphatic carbocycles. The van der Waals surface area contributed by atoms with Crippen LogP contribution in [-0.2, 0) is 85.5 Å². The third-order valence-electron chi connectivity index (χ3n) is 6.90. The normalized spacial score (nSPS) is 11.7. The SMILES string of the molecule is Cc1ccc(S(=O)(=O)OCCOCCOCCOCCOCCOCCOCCOCCOCCOCCOCCOCCOCCNC(=O)COCC(=O)O)cc1. The van der Waals surface area contributed by atoms with Crippen molar-refractivity contribution < 1.29 is 88.9 Å². The van der Waals surface area contributed by atoms with Gasteiger partial charge in [-0.2, -0.15) is 8.42 Å². The van der Waals surface area contributed by atoms with Gasteiger partial charge in [0.15, 0.2) is 0 Å². The summed E-state index contributed by atoms with van der Waals surface area (Å²) in [5, 5.41) is 11.0. The second kappa shape index (κ2) is 40.0. The second-order valence-electron chi connectivity index (χ2n) is 11.7. The number of carboxylic acid groups (broad SMARTS) is 1. The molecular formula is C37H65NO19S. The van der Waals surface area contributed by atoms with E-state index < -0.39 is 28.6 Å². The maximum atomic E-state index is 12.1. The average molecular weight is 860 g/mol. The predicted molar refractivity (Wildman–Crippen MR) is 206 cm³/mol. The molecule has 1 aromatic rings. The lowest BCUT2D eigenvalue weighted by Gasteiger charge is -2.09. The van der Waals surface area contributed by atoms with Crippen LogP contribution in [-0.4, -0.2) is 210 Å². The van der Waals surface area contributed by atoms with Gasteiger partial charge in [0.05, 0.1) is 170 Å². The molecule has 0 fully saturated rings. The molecule has 338 valence electrons. The van der Waals surface area contributed by atoms with Gasteiger partial charge in [-0.25, -0.2) is 4.79 Å². The molecule has 0 bridgehead atoms. The number of carboxylic acids is 1. The molecule has 0 spiro atoms. The van der Waals surface area contributed by atoms with Crippen molar-refractivity contribution in [3.05, 3.63) is 29.8 Å². The Morgan fingerprint density at radius 2 is 0.741 bits per heavy atom. The molecule has 58 heavy (non-hydrogen) atoms. The first-order chi connectivity index (χ1) is 28.3. The van der Waals surface area contributed by atoms with Crippen LogP contribution in [0.4, 0.5) is 0 Å². The summed E-state index contributed by atoms with van der Waals surface area (Å²) < 4.78 is 99.0. The molecule has 20 nitrogen and oxygen atoms in total. The van der Waals surface area contributed by atoms with E-state index in [1.165, 1.54) is 12.1 Å². The number of carbonyl (C=O) groups is 2. The Kier molecular flexibility index (Phi) is 36.9. The van der Waals surface area contributed by atoms with Crippen LogP contribution in [0.25, 0.3) is 0 Å². The summed E-state index contributed by atoms with van der Waals surface area (Å²) in [7, 11) is -3.79. The fraction of sp³-hybridized carbons (Fsp3) is 0.784. The number of aryl methyl sites for hydroxylation is 1. The van der Waals surface area contributed by atoms with Crippen LogP contribution in [0.1, 0.15) is 5.56 Å². The number of nitrogens with one attached hydrogen (secondary N) is 1. The van der Waals surface area contributed by atoms with Crippen molar-refractivity contribution in [2.45, 2.75) is 11.8 Å². The van der Waals surface area contributed by atoms with E-state index in [0.29, 0.717) is 159 Å². The predicted octanol–water partition coefficient (Wildman–Crippen LogP) is 0.117. The van der Waals surface area contributed by atoms with Gasteiger partial charge in [0.25, 0.3) is 10.1 Å². The first-order valence-electron chi connectivity index (χ1n) is 19.3. The molecule has 2 N–H and O–H groups in total. The highest BCUT2D eigenvalue weighted by atomic mass is 32.2. The van der Waals surface area contributed by atoms with Gasteiger partial charge in [-0.1, -0.05) is 17.7 Å². The van der Waals surface area contributed by atoms with Gasteiger partial charge in [-0.05, 0) is 19.1 Å². The van der Waals surface area contributed by atoms with Gasteiger partial charge in [-0.15, -0.1) is 0 Å². The van der Waals surface area contributed by atoms with Crippen molar-refractivity contribution in [1.82, 2.24) is 5.32 Å². The minimum Gasteiger partial charge on any atom is -0.480 e. The Morgan fingerprint density at radius 3 is 1.05 bits per heavy atom. The molecule has 0 aliphatic heterocycles. The Morgan fingerprint density at radius 1 is 0.448 bits per heavy atom. The Labute approximate surface area is 342 Å². The zero-order chi connectivity index (χ0) is 42.0. The first-order valence-corrected chi connectivity index (χ1v) is 20.7. The van der Waals surface area contributed by atoms with Crippen LogP contribution < -0.4 is 5.32 Å². The zero-order valence-corrected chi connectivity index (χ0v) is 34.6. The Hall–Kier alpha value is -2.45. The molecule has 0 aromatic heterocycles. The number of ether oxygens (including phenoxy) is 13. The van der Waals surface area contributed by atoms with Crippen molar-refractivity contribution in [1.29, 1.82) is 0 Å². The van der Waals surface area contributed by atoms with Gasteiger partial charge in [-0.3, -0.25) is 8.98 Å². The number of amides is 1. The van der Waals surface area contributed by atoms with Crippen molar-refractivity contribution in [2.75, 3.05) is 185 Å². The molecule has 1 rings (SSSR count). The van der Waals surface area contributed by atoms with Crippen molar-refractivity contribution in [2.24, 2.45) is 0 Å². The van der Waals surface area contributed by atoms with E-state index in [9.17, 15) is 18.0 Å². The molecular weight excluding hydrogens is 794 g/mol. The molecule has 1 amide bonds. The summed E-state index contributed by atoms with van der Waals surface area (Å²) in [4.78, 5) is 21.8. The molecule has 0 atom stereocenters. The lowest BCUT2D eigenvalue weighted by atomic mass is 10.2. The molecule has 0 saturated heterocycles. The minimum absolute atomic E-state index is 0.0701. The van der Waals surface area contributed by atoms with Crippen molar-refractivity contribution in [3.8, 4) is 0 Å². The van der Waals surface area contributed by atoms with Crippen molar-refractivity contribution in [3.63, 3.8) is 0 Å². The van der Waals surface area contributed by atoms with E-state index in [0.717, 1.165) is 5.56 Å². The standard InChI is InChI=1S/C37H65NO19S/c1-34-2-4-35(5-3-34)58(42,43)57-31-30-55-29-28-54-27-26-53-25-24-52-23-22-51-21-20-50-19-18-49-17-16-48-15-14-47-13-12-46-11-10-45-9-8-44-7-6-38-36(39)32-56-33-37(40)41/h2-5H,6-33H2,1H3,(H,38,39)(H,40,41). The number of hydrogen-bond donors (Lipinski definition) is 2. The molecule has 21 heteroatoms. The lowest BCUT2D eigenvalue weighted by molar-refractivity contribution is -0.143. The molecule has 0 heterocycles. The summed E-state index contributed by atoms with van der Waals surface area (Å²) in [6, 6.07) is 6.46. The smallest absolute Gasteiger partial charge is 0.329 e. The largest absolute Gasteiger partial charge is 0.480 e. The van der Waals surface area contributed by atoms with Crippen LogP contribution in [0.3, 0.4) is 0 Å².